The van der Waals surface area contributed by atoms with Crippen molar-refractivity contribution in [2.75, 3.05) is 6.61 Å². The van der Waals surface area contributed by atoms with Gasteiger partial charge in [-0.1, -0.05) is 12.1 Å². The number of benzene rings is 1. The third-order valence-corrected chi connectivity index (χ3v) is 2.83. The molecule has 0 radical (unpaired) electrons. The zero-order valence-electron chi connectivity index (χ0n) is 10.8. The first-order valence-electron chi connectivity index (χ1n) is 5.90. The predicted molar refractivity (Wildman–Crippen MR) is 72.6 cm³/mol. The number of rotatable bonds is 3. The molecule has 2 aromatic rings. The van der Waals surface area contributed by atoms with Gasteiger partial charge in [0, 0.05) is 5.57 Å². The van der Waals surface area contributed by atoms with Crippen molar-refractivity contribution in [3.8, 4) is 5.75 Å². The molecule has 3 N–H and O–H groups in total. The molecule has 1 heterocycles. The first-order valence-corrected chi connectivity index (χ1v) is 5.90. The molecule has 0 saturated heterocycles. The monoisotopic (exact) mass is 261 g/mol. The molecule has 0 unspecified atom stereocenters. The molecule has 0 aliphatic rings. The number of allylic oxidation sites excluding steroid dienone is 1. The summed E-state index contributed by atoms with van der Waals surface area (Å²) in [5.74, 6) is -0.0487. The second kappa shape index (κ2) is 5.06. The Bertz CT molecular complexity index is 700. The zero-order valence-corrected chi connectivity index (χ0v) is 10.8. The highest BCUT2D eigenvalue weighted by molar-refractivity contribution is 5.88. The molecule has 1 aromatic carbocycles. The molecular formula is C14H15NO4. The lowest BCUT2D eigenvalue weighted by molar-refractivity contribution is 0.228. The fraction of sp³-hybridized carbons (Fsp3) is 0.214. The lowest BCUT2D eigenvalue weighted by atomic mass is 10.1. The van der Waals surface area contributed by atoms with E-state index in [4.69, 9.17) is 14.9 Å². The number of ether oxygens (including phenoxy) is 1. The second-order valence-electron chi connectivity index (χ2n) is 4.03. The minimum atomic E-state index is -0.642. The number of hydrogen-bond donors (Lipinski definition) is 2. The van der Waals surface area contributed by atoms with Gasteiger partial charge in [0.25, 0.3) is 0 Å². The van der Waals surface area contributed by atoms with E-state index in [2.05, 4.69) is 0 Å². The van der Waals surface area contributed by atoms with Gasteiger partial charge in [-0.25, -0.2) is 4.79 Å². The van der Waals surface area contributed by atoms with Gasteiger partial charge in [-0.3, -0.25) is 0 Å². The summed E-state index contributed by atoms with van der Waals surface area (Å²) in [4.78, 5) is 11.9. The van der Waals surface area contributed by atoms with E-state index in [0.717, 1.165) is 0 Å². The van der Waals surface area contributed by atoms with E-state index in [1.54, 1.807) is 38.1 Å². The highest BCUT2D eigenvalue weighted by Crippen LogP contribution is 2.30. The summed E-state index contributed by atoms with van der Waals surface area (Å²) in [5.41, 5.74) is 5.79. The fourth-order valence-electron chi connectivity index (χ4n) is 1.85. The Hall–Kier alpha value is -2.43. The van der Waals surface area contributed by atoms with Gasteiger partial charge in [-0.2, -0.15) is 0 Å². The van der Waals surface area contributed by atoms with Gasteiger partial charge >= 0.3 is 5.63 Å². The van der Waals surface area contributed by atoms with Crippen molar-refractivity contribution in [3.63, 3.8) is 0 Å². The predicted octanol–water partition coefficient (Wildman–Crippen LogP) is 2.18. The molecular weight excluding hydrogens is 246 g/mol. The molecule has 1 aromatic heterocycles. The van der Waals surface area contributed by atoms with Gasteiger partial charge in [0.15, 0.2) is 5.88 Å². The Balaban J connectivity index is 2.74. The van der Waals surface area contributed by atoms with Crippen molar-refractivity contribution >= 4 is 16.5 Å². The van der Waals surface area contributed by atoms with Crippen LogP contribution in [0.4, 0.5) is 0 Å². The normalized spacial score (nSPS) is 12.3. The molecule has 100 valence electrons. The topological polar surface area (TPSA) is 85.7 Å². The van der Waals surface area contributed by atoms with Gasteiger partial charge < -0.3 is 20.0 Å². The van der Waals surface area contributed by atoms with E-state index in [0.29, 0.717) is 23.1 Å². The third-order valence-electron chi connectivity index (χ3n) is 2.83. The smallest absolute Gasteiger partial charge is 0.347 e. The van der Waals surface area contributed by atoms with Crippen molar-refractivity contribution in [2.45, 2.75) is 13.8 Å². The average molecular weight is 261 g/mol. The molecule has 0 fully saturated rings. The summed E-state index contributed by atoms with van der Waals surface area (Å²) >= 11 is 0. The molecule has 0 saturated carbocycles. The van der Waals surface area contributed by atoms with Crippen LogP contribution in [0.15, 0.2) is 39.4 Å². The Kier molecular flexibility index (Phi) is 3.46. The molecule has 5 nitrogen and oxygen atoms in total. The van der Waals surface area contributed by atoms with E-state index >= 15 is 0 Å². The molecule has 0 atom stereocenters. The van der Waals surface area contributed by atoms with Crippen LogP contribution < -0.4 is 11.4 Å². The first-order chi connectivity index (χ1) is 9.06. The van der Waals surface area contributed by atoms with E-state index in [1.165, 1.54) is 0 Å². The number of hydrogen-bond acceptors (Lipinski definition) is 5. The highest BCUT2D eigenvalue weighted by atomic mass is 16.5. The van der Waals surface area contributed by atoms with Crippen LogP contribution in [0.1, 0.15) is 19.4 Å². The van der Waals surface area contributed by atoms with Crippen molar-refractivity contribution in [1.29, 1.82) is 0 Å². The number of fused-ring (bicyclic) bond motifs is 1. The molecule has 0 spiro atoms. The van der Waals surface area contributed by atoms with Crippen molar-refractivity contribution < 1.29 is 14.3 Å². The minimum absolute atomic E-state index is 0.0321. The second-order valence-corrected chi connectivity index (χ2v) is 4.03. The molecule has 19 heavy (non-hydrogen) atoms. The Labute approximate surface area is 109 Å². The zero-order chi connectivity index (χ0) is 14.0. The van der Waals surface area contributed by atoms with Crippen LogP contribution in [0.5, 0.6) is 5.75 Å². The molecule has 5 heteroatoms. The molecule has 0 bridgehead atoms. The van der Waals surface area contributed by atoms with Crippen LogP contribution in [0.25, 0.3) is 16.5 Å². The van der Waals surface area contributed by atoms with Gasteiger partial charge in [0.1, 0.15) is 16.9 Å². The summed E-state index contributed by atoms with van der Waals surface area (Å²) in [5, 5.41) is 10.7. The maximum absolute atomic E-state index is 11.9. The van der Waals surface area contributed by atoms with Crippen molar-refractivity contribution in [3.05, 3.63) is 46.1 Å². The van der Waals surface area contributed by atoms with Crippen LogP contribution >= 0.6 is 0 Å². The fourth-order valence-corrected chi connectivity index (χ4v) is 1.85. The van der Waals surface area contributed by atoms with E-state index < -0.39 is 5.63 Å². The lowest BCUT2D eigenvalue weighted by Gasteiger charge is -2.10. The summed E-state index contributed by atoms with van der Waals surface area (Å²) in [6.07, 6.45) is 0. The van der Waals surface area contributed by atoms with Crippen LogP contribution in [-0.4, -0.2) is 11.7 Å². The molecule has 0 aliphatic heterocycles. The van der Waals surface area contributed by atoms with Crippen LogP contribution in [0.3, 0.4) is 0 Å². The maximum atomic E-state index is 11.9. The molecule has 0 aliphatic carbocycles. The Morgan fingerprint density at radius 1 is 1.42 bits per heavy atom. The van der Waals surface area contributed by atoms with Crippen LogP contribution in [0.2, 0.25) is 0 Å². The van der Waals surface area contributed by atoms with Crippen molar-refractivity contribution in [1.82, 2.24) is 0 Å². The first kappa shape index (κ1) is 13.0. The van der Waals surface area contributed by atoms with E-state index in [1.807, 2.05) is 0 Å². The largest absolute Gasteiger partial charge is 0.506 e. The third kappa shape index (κ3) is 2.27. The highest BCUT2D eigenvalue weighted by Gasteiger charge is 2.17. The summed E-state index contributed by atoms with van der Waals surface area (Å²) < 4.78 is 10.3. The van der Waals surface area contributed by atoms with Gasteiger partial charge in [-0.05, 0) is 26.0 Å². The maximum Gasteiger partial charge on any atom is 0.347 e. The average Bonchev–Trinajstić information content (AvgIpc) is 2.38. The summed E-state index contributed by atoms with van der Waals surface area (Å²) in [6, 6.07) is 6.75. The summed E-state index contributed by atoms with van der Waals surface area (Å²) in [7, 11) is 0. The standard InChI is InChI=1S/C14H15NO4/c1-3-18-13(15)8(2)11-12(16)9-6-4-5-7-10(9)19-14(11)17/h4-7,16H,3,15H2,1-2H3/b13-8+. The van der Waals surface area contributed by atoms with Gasteiger partial charge in [0.05, 0.1) is 12.0 Å². The van der Waals surface area contributed by atoms with Crippen LogP contribution in [-0.2, 0) is 4.74 Å². The molecule has 2 rings (SSSR count). The number of nitrogens with two attached hydrogens (primary N) is 1. The van der Waals surface area contributed by atoms with Crippen LogP contribution in [0, 0.1) is 0 Å². The van der Waals surface area contributed by atoms with E-state index in [-0.39, 0.29) is 17.2 Å². The Morgan fingerprint density at radius 3 is 2.79 bits per heavy atom. The number of aromatic hydroxyl groups is 1. The van der Waals surface area contributed by atoms with Crippen molar-refractivity contribution in [2.24, 2.45) is 5.73 Å². The minimum Gasteiger partial charge on any atom is -0.506 e. The molecule has 0 amide bonds. The summed E-state index contributed by atoms with van der Waals surface area (Å²) in [6.45, 7) is 3.76. The van der Waals surface area contributed by atoms with Gasteiger partial charge in [-0.15, -0.1) is 0 Å². The quantitative estimate of drug-likeness (QED) is 0.653. The lowest BCUT2D eigenvalue weighted by Crippen LogP contribution is -2.12. The van der Waals surface area contributed by atoms with Gasteiger partial charge in [0.2, 0.25) is 0 Å². The number of para-hydroxylation sites is 1. The SMILES string of the molecule is CCO/C(N)=C(\C)c1c(O)c2ccccc2oc1=O. The Morgan fingerprint density at radius 2 is 2.11 bits per heavy atom. The van der Waals surface area contributed by atoms with E-state index in [9.17, 15) is 9.90 Å².